The fourth-order valence-corrected chi connectivity index (χ4v) is 3.06. The highest BCUT2D eigenvalue weighted by molar-refractivity contribution is 5.98. The average Bonchev–Trinajstić information content (AvgIpc) is 2.68. The molecular weight excluding hydrogens is 340 g/mol. The monoisotopic (exact) mass is 366 g/mol. The number of nitrogens with one attached hydrogen (secondary N) is 2. The molecule has 2 aromatic rings. The number of rotatable bonds is 6. The zero-order chi connectivity index (χ0) is 19.2. The summed E-state index contributed by atoms with van der Waals surface area (Å²) in [6.45, 7) is 5.89. The van der Waals surface area contributed by atoms with Gasteiger partial charge in [-0.25, -0.2) is 0 Å². The van der Waals surface area contributed by atoms with Gasteiger partial charge in [-0.2, -0.15) is 0 Å². The Bertz CT molecular complexity index is 796. The number of likely N-dealkylation sites (N-methyl/N-ethyl adjacent to an activating group) is 1. The highest BCUT2D eigenvalue weighted by Crippen LogP contribution is 2.19. The lowest BCUT2D eigenvalue weighted by Gasteiger charge is -2.34. The minimum Gasteiger partial charge on any atom is -0.376 e. The van der Waals surface area contributed by atoms with Crippen LogP contribution in [0.3, 0.4) is 0 Å². The van der Waals surface area contributed by atoms with Crippen molar-refractivity contribution >= 4 is 28.8 Å². The third-order valence-electron chi connectivity index (χ3n) is 4.74. The number of carbonyl (C=O) groups is 2. The lowest BCUT2D eigenvalue weighted by atomic mass is 10.1. The summed E-state index contributed by atoms with van der Waals surface area (Å²) in [5, 5.41) is 5.94. The second kappa shape index (κ2) is 8.68. The van der Waals surface area contributed by atoms with Crippen molar-refractivity contribution in [3.8, 4) is 0 Å². The number of piperazine rings is 1. The summed E-state index contributed by atoms with van der Waals surface area (Å²) >= 11 is 0. The summed E-state index contributed by atoms with van der Waals surface area (Å²) in [5.41, 5.74) is 3.32. The maximum Gasteiger partial charge on any atom is 0.243 e. The zero-order valence-corrected chi connectivity index (χ0v) is 15.9. The third kappa shape index (κ3) is 5.31. The lowest BCUT2D eigenvalue weighted by Crippen LogP contribution is -2.44. The van der Waals surface area contributed by atoms with Gasteiger partial charge in [0.2, 0.25) is 5.91 Å². The Kier molecular flexibility index (Phi) is 6.08. The van der Waals surface area contributed by atoms with Crippen LogP contribution in [0.1, 0.15) is 17.3 Å². The Morgan fingerprint density at radius 2 is 1.67 bits per heavy atom. The Balaban J connectivity index is 1.50. The van der Waals surface area contributed by atoms with Crippen molar-refractivity contribution in [1.82, 2.24) is 4.90 Å². The number of Topliss-reactive ketones (excluding diaryl/α,β-unsaturated/α-hetero) is 1. The maximum atomic E-state index is 12.1. The number of ketones is 1. The van der Waals surface area contributed by atoms with Gasteiger partial charge in [0, 0.05) is 48.8 Å². The molecule has 3 rings (SSSR count). The Labute approximate surface area is 160 Å². The zero-order valence-electron chi connectivity index (χ0n) is 15.9. The fourth-order valence-electron chi connectivity index (χ4n) is 3.06. The molecule has 27 heavy (non-hydrogen) atoms. The van der Waals surface area contributed by atoms with E-state index >= 15 is 0 Å². The molecule has 1 saturated heterocycles. The van der Waals surface area contributed by atoms with Gasteiger partial charge in [-0.3, -0.25) is 9.59 Å². The van der Waals surface area contributed by atoms with Gasteiger partial charge in [-0.1, -0.05) is 12.1 Å². The number of benzene rings is 2. The number of hydrogen-bond acceptors (Lipinski definition) is 5. The SMILES string of the molecule is CC(=O)c1cccc(NC(=O)CNc2ccc(N3CCN(C)CC3)cc2)c1. The third-order valence-corrected chi connectivity index (χ3v) is 4.74. The molecule has 1 aliphatic rings. The Morgan fingerprint density at radius 3 is 2.33 bits per heavy atom. The van der Waals surface area contributed by atoms with Gasteiger partial charge < -0.3 is 20.4 Å². The largest absolute Gasteiger partial charge is 0.376 e. The number of hydrogen-bond donors (Lipinski definition) is 2. The van der Waals surface area contributed by atoms with Crippen LogP contribution in [0, 0.1) is 0 Å². The average molecular weight is 366 g/mol. The van der Waals surface area contributed by atoms with Crippen LogP contribution >= 0.6 is 0 Å². The first-order valence-electron chi connectivity index (χ1n) is 9.19. The molecule has 1 fully saturated rings. The van der Waals surface area contributed by atoms with Crippen molar-refractivity contribution in [3.63, 3.8) is 0 Å². The lowest BCUT2D eigenvalue weighted by molar-refractivity contribution is -0.114. The first-order valence-corrected chi connectivity index (χ1v) is 9.19. The van der Waals surface area contributed by atoms with Crippen molar-refractivity contribution in [1.29, 1.82) is 0 Å². The van der Waals surface area contributed by atoms with Crippen LogP contribution in [0.2, 0.25) is 0 Å². The van der Waals surface area contributed by atoms with Crippen LogP contribution in [-0.2, 0) is 4.79 Å². The van der Waals surface area contributed by atoms with E-state index in [1.165, 1.54) is 12.6 Å². The molecule has 1 amide bonds. The van der Waals surface area contributed by atoms with Gasteiger partial charge in [0.1, 0.15) is 0 Å². The van der Waals surface area contributed by atoms with Crippen molar-refractivity contribution in [2.45, 2.75) is 6.92 Å². The quantitative estimate of drug-likeness (QED) is 0.770. The molecule has 6 heteroatoms. The molecule has 6 nitrogen and oxygen atoms in total. The topological polar surface area (TPSA) is 64.7 Å². The number of nitrogens with zero attached hydrogens (tertiary/aromatic N) is 2. The highest BCUT2D eigenvalue weighted by atomic mass is 16.2. The summed E-state index contributed by atoms with van der Waals surface area (Å²) in [7, 11) is 2.14. The fraction of sp³-hybridized carbons (Fsp3) is 0.333. The molecule has 0 bridgehead atoms. The molecule has 0 spiro atoms. The van der Waals surface area contributed by atoms with Crippen LogP contribution in [0.15, 0.2) is 48.5 Å². The van der Waals surface area contributed by atoms with E-state index in [2.05, 4.69) is 39.6 Å². The van der Waals surface area contributed by atoms with Crippen LogP contribution < -0.4 is 15.5 Å². The summed E-state index contributed by atoms with van der Waals surface area (Å²) < 4.78 is 0. The van der Waals surface area contributed by atoms with E-state index < -0.39 is 0 Å². The Hall–Kier alpha value is -2.86. The second-order valence-electron chi connectivity index (χ2n) is 6.88. The molecule has 0 unspecified atom stereocenters. The molecule has 0 saturated carbocycles. The molecule has 2 aromatic carbocycles. The predicted octanol–water partition coefficient (Wildman–Crippen LogP) is 2.69. The van der Waals surface area contributed by atoms with E-state index in [1.54, 1.807) is 24.3 Å². The van der Waals surface area contributed by atoms with Gasteiger partial charge in [0.25, 0.3) is 0 Å². The van der Waals surface area contributed by atoms with Gasteiger partial charge in [0.15, 0.2) is 5.78 Å². The van der Waals surface area contributed by atoms with E-state index in [-0.39, 0.29) is 18.2 Å². The molecule has 1 aliphatic heterocycles. The number of amides is 1. The van der Waals surface area contributed by atoms with Gasteiger partial charge in [-0.15, -0.1) is 0 Å². The van der Waals surface area contributed by atoms with Crippen molar-refractivity contribution in [3.05, 3.63) is 54.1 Å². The summed E-state index contributed by atoms with van der Waals surface area (Å²) in [4.78, 5) is 28.3. The number of anilines is 3. The van der Waals surface area contributed by atoms with Crippen LogP contribution in [0.5, 0.6) is 0 Å². The molecule has 0 radical (unpaired) electrons. The van der Waals surface area contributed by atoms with Crippen LogP contribution in [-0.4, -0.2) is 56.4 Å². The van der Waals surface area contributed by atoms with E-state index in [1.807, 2.05) is 12.1 Å². The smallest absolute Gasteiger partial charge is 0.243 e. The van der Waals surface area contributed by atoms with Crippen LogP contribution in [0.4, 0.5) is 17.1 Å². The van der Waals surface area contributed by atoms with E-state index in [0.717, 1.165) is 31.9 Å². The predicted molar refractivity (Wildman–Crippen MR) is 110 cm³/mol. The molecule has 1 heterocycles. The number of carbonyl (C=O) groups excluding carboxylic acids is 2. The first kappa shape index (κ1) is 18.9. The highest BCUT2D eigenvalue weighted by Gasteiger charge is 2.14. The van der Waals surface area contributed by atoms with Crippen molar-refractivity contribution < 1.29 is 9.59 Å². The van der Waals surface area contributed by atoms with Crippen molar-refractivity contribution in [2.24, 2.45) is 0 Å². The molecule has 142 valence electrons. The molecule has 0 atom stereocenters. The molecule has 0 aromatic heterocycles. The summed E-state index contributed by atoms with van der Waals surface area (Å²) in [6.07, 6.45) is 0. The van der Waals surface area contributed by atoms with E-state index in [0.29, 0.717) is 11.3 Å². The van der Waals surface area contributed by atoms with Crippen molar-refractivity contribution in [2.75, 3.05) is 55.3 Å². The molecule has 2 N–H and O–H groups in total. The van der Waals surface area contributed by atoms with E-state index in [9.17, 15) is 9.59 Å². The standard InChI is InChI=1S/C21H26N4O2/c1-16(26)17-4-3-5-19(14-17)23-21(27)15-22-18-6-8-20(9-7-18)25-12-10-24(2)11-13-25/h3-9,14,22H,10-13,15H2,1-2H3,(H,23,27). The molecule has 0 aliphatic carbocycles. The maximum absolute atomic E-state index is 12.1. The van der Waals surface area contributed by atoms with Gasteiger partial charge in [-0.05, 0) is 50.4 Å². The van der Waals surface area contributed by atoms with Gasteiger partial charge in [0.05, 0.1) is 6.54 Å². The summed E-state index contributed by atoms with van der Waals surface area (Å²) in [6, 6.07) is 15.1. The second-order valence-corrected chi connectivity index (χ2v) is 6.88. The van der Waals surface area contributed by atoms with Gasteiger partial charge >= 0.3 is 0 Å². The summed E-state index contributed by atoms with van der Waals surface area (Å²) in [5.74, 6) is -0.177. The first-order chi connectivity index (χ1) is 13.0. The molecular formula is C21H26N4O2. The minimum atomic E-state index is -0.154. The minimum absolute atomic E-state index is 0.0235. The van der Waals surface area contributed by atoms with Crippen LogP contribution in [0.25, 0.3) is 0 Å². The Morgan fingerprint density at radius 1 is 0.963 bits per heavy atom. The normalized spacial score (nSPS) is 14.7. The van der Waals surface area contributed by atoms with E-state index in [4.69, 9.17) is 0 Å².